The van der Waals surface area contributed by atoms with Crippen LogP contribution in [0, 0.1) is 34.8 Å². The van der Waals surface area contributed by atoms with Crippen LogP contribution in [0.1, 0.15) is 58.4 Å². The highest BCUT2D eigenvalue weighted by Gasteiger charge is 2.37. The van der Waals surface area contributed by atoms with E-state index in [0.29, 0.717) is 23.4 Å². The van der Waals surface area contributed by atoms with Crippen LogP contribution in [0.25, 0.3) is 21.2 Å². The first-order valence-electron chi connectivity index (χ1n) is 13.8. The summed E-state index contributed by atoms with van der Waals surface area (Å²) in [5.74, 6) is 4.69. The van der Waals surface area contributed by atoms with Crippen LogP contribution >= 0.6 is 22.9 Å². The molecule has 6 rings (SSSR count). The van der Waals surface area contributed by atoms with Crippen molar-refractivity contribution < 1.29 is 13.6 Å². The zero-order chi connectivity index (χ0) is 30.6. The lowest BCUT2D eigenvalue weighted by molar-refractivity contribution is 0.0672. The van der Waals surface area contributed by atoms with E-state index in [1.165, 1.54) is 12.1 Å². The van der Waals surface area contributed by atoms with Gasteiger partial charge in [0.25, 0.3) is 5.91 Å². The highest BCUT2D eigenvalue weighted by molar-refractivity contribution is 7.23. The Morgan fingerprint density at radius 1 is 1.19 bits per heavy atom. The van der Waals surface area contributed by atoms with E-state index in [9.17, 15) is 14.4 Å². The SMILES string of the molecule is C[C@@H](c1cccnc1N)N1CCc2c(Cl)c(-c3ccc(F)c4sc(N)c(C#N)c34)c(F)c(C#CC3CCCN3C)c2C1=O. The van der Waals surface area contributed by atoms with Gasteiger partial charge in [-0.3, -0.25) is 9.69 Å². The molecule has 218 valence electrons. The molecule has 1 saturated heterocycles. The number of aromatic nitrogens is 1. The Morgan fingerprint density at radius 2 is 1.98 bits per heavy atom. The molecule has 4 heterocycles. The van der Waals surface area contributed by atoms with Gasteiger partial charge in [-0.2, -0.15) is 5.26 Å². The number of thiophene rings is 1. The number of benzene rings is 2. The molecule has 2 aliphatic rings. The van der Waals surface area contributed by atoms with Gasteiger partial charge in [0.15, 0.2) is 0 Å². The lowest BCUT2D eigenvalue weighted by Crippen LogP contribution is -2.40. The summed E-state index contributed by atoms with van der Waals surface area (Å²) in [5.41, 5.74) is 13.6. The number of amides is 1. The van der Waals surface area contributed by atoms with E-state index in [1.807, 2.05) is 26.1 Å². The maximum absolute atomic E-state index is 16.9. The number of likely N-dealkylation sites (tertiary alicyclic amines) is 1. The topological polar surface area (TPSA) is 112 Å². The van der Waals surface area contributed by atoms with Crippen molar-refractivity contribution in [3.63, 3.8) is 0 Å². The number of fused-ring (bicyclic) bond motifs is 2. The fourth-order valence-corrected chi connectivity index (χ4v) is 7.45. The summed E-state index contributed by atoms with van der Waals surface area (Å²) < 4.78 is 31.9. The number of carbonyl (C=O) groups excluding carboxylic acids is 1. The third-order valence-corrected chi connectivity index (χ3v) is 9.87. The Balaban J connectivity index is 1.60. The standard InChI is InChI=1S/C32H27ClF2N6OS/c1-16(18-6-3-12-39-30(18)37)41-14-11-20-25(32(41)42)21(8-7-17-5-4-13-40(17)2)28(35)26(27(20)33)19-9-10-23(34)29-24(19)22(15-36)31(38)43-29/h3,6,9-10,12,16-17H,4-5,11,13-14,38H2,1-2H3,(H2,37,39)/t16-,17?/m0/s1. The summed E-state index contributed by atoms with van der Waals surface area (Å²) in [5, 5.41) is 10.2. The molecule has 0 radical (unpaired) electrons. The number of carbonyl (C=O) groups is 1. The zero-order valence-corrected chi connectivity index (χ0v) is 25.0. The first-order valence-corrected chi connectivity index (χ1v) is 15.0. The number of halogens is 3. The molecular weight excluding hydrogens is 590 g/mol. The van der Waals surface area contributed by atoms with E-state index < -0.39 is 23.6 Å². The Morgan fingerprint density at radius 3 is 2.67 bits per heavy atom. The van der Waals surface area contributed by atoms with Crippen LogP contribution in [0.15, 0.2) is 30.5 Å². The summed E-state index contributed by atoms with van der Waals surface area (Å²) in [6.45, 7) is 3.01. The predicted octanol–water partition coefficient (Wildman–Crippen LogP) is 6.14. The molecule has 2 atom stereocenters. The van der Waals surface area contributed by atoms with Crippen molar-refractivity contribution in [2.45, 2.75) is 38.3 Å². The molecule has 4 aromatic rings. The van der Waals surface area contributed by atoms with E-state index in [-0.39, 0.29) is 60.5 Å². The van der Waals surface area contributed by atoms with E-state index in [1.54, 1.807) is 17.2 Å². The van der Waals surface area contributed by atoms with Gasteiger partial charge in [0, 0.05) is 29.3 Å². The minimum absolute atomic E-state index is 0.0270. The average Bonchev–Trinajstić information content (AvgIpc) is 3.56. The molecular formula is C32H27ClF2N6OS. The fourth-order valence-electron chi connectivity index (χ4n) is 6.12. The maximum Gasteiger partial charge on any atom is 0.256 e. The molecule has 2 aliphatic heterocycles. The minimum atomic E-state index is -0.804. The Hall–Kier alpha value is -4.22. The molecule has 2 aromatic carbocycles. The Kier molecular flexibility index (Phi) is 7.47. The number of nitrogens with zero attached hydrogens (tertiary/aromatic N) is 4. The van der Waals surface area contributed by atoms with E-state index in [2.05, 4.69) is 21.7 Å². The van der Waals surface area contributed by atoms with E-state index in [4.69, 9.17) is 23.1 Å². The van der Waals surface area contributed by atoms with Crippen molar-refractivity contribution in [3.05, 3.63) is 74.9 Å². The summed E-state index contributed by atoms with van der Waals surface area (Å²) in [7, 11) is 1.96. The van der Waals surface area contributed by atoms with Gasteiger partial charge in [-0.25, -0.2) is 13.8 Å². The van der Waals surface area contributed by atoms with E-state index >= 15 is 4.39 Å². The lowest BCUT2D eigenvalue weighted by Gasteiger charge is -2.35. The molecule has 1 unspecified atom stereocenters. The van der Waals surface area contributed by atoms with Crippen LogP contribution in [0.4, 0.5) is 19.6 Å². The first kappa shape index (κ1) is 28.9. The van der Waals surface area contributed by atoms with Crippen molar-refractivity contribution in [3.8, 4) is 29.0 Å². The van der Waals surface area contributed by atoms with Gasteiger partial charge in [-0.1, -0.05) is 35.6 Å². The van der Waals surface area contributed by atoms with Crippen molar-refractivity contribution in [2.24, 2.45) is 0 Å². The number of nitrogens with two attached hydrogens (primary N) is 2. The largest absolute Gasteiger partial charge is 0.389 e. The monoisotopic (exact) mass is 616 g/mol. The van der Waals surface area contributed by atoms with Gasteiger partial charge in [-0.15, -0.1) is 11.3 Å². The molecule has 2 aromatic heterocycles. The molecule has 1 amide bonds. The van der Waals surface area contributed by atoms with Crippen molar-refractivity contribution in [1.82, 2.24) is 14.8 Å². The van der Waals surface area contributed by atoms with Gasteiger partial charge < -0.3 is 16.4 Å². The van der Waals surface area contributed by atoms with Crippen molar-refractivity contribution >= 4 is 49.7 Å². The number of nitrogen functional groups attached to an aromatic ring is 2. The molecule has 1 fully saturated rings. The number of anilines is 2. The average molecular weight is 617 g/mol. The van der Waals surface area contributed by atoms with Crippen LogP contribution in [0.5, 0.6) is 0 Å². The second-order valence-electron chi connectivity index (χ2n) is 10.8. The van der Waals surface area contributed by atoms with Gasteiger partial charge in [0.1, 0.15) is 28.5 Å². The van der Waals surface area contributed by atoms with Crippen LogP contribution < -0.4 is 11.5 Å². The van der Waals surface area contributed by atoms with Crippen LogP contribution in [0.3, 0.4) is 0 Å². The van der Waals surface area contributed by atoms with E-state index in [0.717, 1.165) is 30.7 Å². The second kappa shape index (κ2) is 11.1. The molecule has 43 heavy (non-hydrogen) atoms. The molecule has 7 nitrogen and oxygen atoms in total. The molecule has 0 bridgehead atoms. The molecule has 0 saturated carbocycles. The van der Waals surface area contributed by atoms with Gasteiger partial charge in [0.05, 0.1) is 38.5 Å². The van der Waals surface area contributed by atoms with Gasteiger partial charge >= 0.3 is 0 Å². The smallest absolute Gasteiger partial charge is 0.256 e. The quantitative estimate of drug-likeness (QED) is 0.268. The number of rotatable bonds is 3. The Bertz CT molecular complexity index is 1920. The third kappa shape index (κ3) is 4.67. The van der Waals surface area contributed by atoms with Crippen molar-refractivity contribution in [2.75, 3.05) is 31.6 Å². The van der Waals surface area contributed by atoms with Crippen LogP contribution in [-0.4, -0.2) is 46.9 Å². The van der Waals surface area contributed by atoms with Crippen molar-refractivity contribution in [1.29, 1.82) is 5.26 Å². The fraction of sp³-hybridized carbons (Fsp3) is 0.281. The number of nitriles is 1. The second-order valence-corrected chi connectivity index (χ2v) is 12.2. The van der Waals surface area contributed by atoms with Gasteiger partial charge in [-0.05, 0) is 63.0 Å². The number of pyridine rings is 1. The number of hydrogen-bond acceptors (Lipinski definition) is 7. The van der Waals surface area contributed by atoms with Crippen LogP contribution in [-0.2, 0) is 6.42 Å². The first-order chi connectivity index (χ1) is 20.6. The zero-order valence-electron chi connectivity index (χ0n) is 23.5. The lowest BCUT2D eigenvalue weighted by atomic mass is 9.86. The molecule has 0 aliphatic carbocycles. The highest BCUT2D eigenvalue weighted by atomic mass is 35.5. The van der Waals surface area contributed by atoms with Crippen LogP contribution in [0.2, 0.25) is 5.02 Å². The third-order valence-electron chi connectivity index (χ3n) is 8.42. The summed E-state index contributed by atoms with van der Waals surface area (Å²) in [6, 6.07) is 7.64. The normalized spacial score (nSPS) is 17.4. The molecule has 4 N–H and O–H groups in total. The summed E-state index contributed by atoms with van der Waals surface area (Å²) in [6.07, 6.45) is 3.68. The minimum Gasteiger partial charge on any atom is -0.389 e. The summed E-state index contributed by atoms with van der Waals surface area (Å²) >= 11 is 7.88. The highest BCUT2D eigenvalue weighted by Crippen LogP contribution is 2.47. The summed E-state index contributed by atoms with van der Waals surface area (Å²) in [4.78, 5) is 22.1. The molecule has 11 heteroatoms. The Labute approximate surface area is 256 Å². The maximum atomic E-state index is 16.9. The number of hydrogen-bond donors (Lipinski definition) is 2. The van der Waals surface area contributed by atoms with Gasteiger partial charge in [0.2, 0.25) is 0 Å². The predicted molar refractivity (Wildman–Crippen MR) is 166 cm³/mol. The molecule has 0 spiro atoms.